The lowest BCUT2D eigenvalue weighted by Gasteiger charge is -2.05. The molecule has 0 spiro atoms. The second-order valence-electron chi connectivity index (χ2n) is 6.60. The fraction of sp³-hybridized carbons (Fsp3) is 0.182. The number of rotatable bonds is 3. The van der Waals surface area contributed by atoms with Crippen molar-refractivity contribution < 1.29 is 21.8 Å². The minimum atomic E-state index is 0. The van der Waals surface area contributed by atoms with Gasteiger partial charge in [-0.05, 0) is 47.2 Å². The van der Waals surface area contributed by atoms with E-state index in [1.54, 1.807) is 0 Å². The minimum Gasteiger partial charge on any atom is -1.00 e. The first-order chi connectivity index (χ1) is 11.6. The highest BCUT2D eigenvalue weighted by atomic mass is 35.5. The van der Waals surface area contributed by atoms with Crippen LogP contribution in [0.25, 0.3) is 11.1 Å². The summed E-state index contributed by atoms with van der Waals surface area (Å²) in [4.78, 5) is 12.7. The zero-order valence-electron chi connectivity index (χ0n) is 14.4. The maximum absolute atomic E-state index is 12.7. The molecule has 0 N–H and O–H groups in total. The summed E-state index contributed by atoms with van der Waals surface area (Å²) in [5.74, 6) is 0.152. The van der Waals surface area contributed by atoms with Gasteiger partial charge in [0.25, 0.3) is 0 Å². The van der Waals surface area contributed by atoms with Gasteiger partial charge < -0.3 is 12.4 Å². The number of halogens is 1. The van der Waals surface area contributed by atoms with E-state index in [4.69, 9.17) is 0 Å². The summed E-state index contributed by atoms with van der Waals surface area (Å²) in [6.07, 6.45) is 2.96. The van der Waals surface area contributed by atoms with Gasteiger partial charge in [-0.15, -0.1) is 0 Å². The lowest BCUT2D eigenvalue weighted by Crippen LogP contribution is -3.00. The molecule has 4 rings (SSSR count). The van der Waals surface area contributed by atoms with Crippen molar-refractivity contribution in [2.75, 3.05) is 0 Å². The Morgan fingerprint density at radius 2 is 1.72 bits per heavy atom. The fourth-order valence-corrected chi connectivity index (χ4v) is 3.51. The van der Waals surface area contributed by atoms with Crippen LogP contribution in [0.4, 0.5) is 0 Å². The molecule has 0 saturated carbocycles. The van der Waals surface area contributed by atoms with Crippen molar-refractivity contribution in [1.82, 2.24) is 0 Å². The number of ketones is 1. The second-order valence-corrected chi connectivity index (χ2v) is 6.60. The lowest BCUT2D eigenvalue weighted by atomic mass is 10.0. The Morgan fingerprint density at radius 3 is 2.52 bits per heavy atom. The van der Waals surface area contributed by atoms with E-state index in [0.717, 1.165) is 17.7 Å². The largest absolute Gasteiger partial charge is 1.00 e. The van der Waals surface area contributed by atoms with Crippen LogP contribution in [0.5, 0.6) is 0 Å². The van der Waals surface area contributed by atoms with E-state index < -0.39 is 0 Å². The third-order valence-electron chi connectivity index (χ3n) is 4.84. The fourth-order valence-electron chi connectivity index (χ4n) is 3.51. The minimum absolute atomic E-state index is 0. The Kier molecular flexibility index (Phi) is 4.73. The first-order valence-corrected chi connectivity index (χ1v) is 8.33. The number of fused-ring (bicyclic) bond motifs is 3. The van der Waals surface area contributed by atoms with Gasteiger partial charge in [0.1, 0.15) is 0 Å². The summed E-state index contributed by atoms with van der Waals surface area (Å²) in [6, 6.07) is 18.7. The van der Waals surface area contributed by atoms with E-state index >= 15 is 0 Å². The molecule has 0 amide bonds. The van der Waals surface area contributed by atoms with Gasteiger partial charge in [-0.2, -0.15) is 4.57 Å². The topological polar surface area (TPSA) is 20.9 Å². The van der Waals surface area contributed by atoms with E-state index in [1.807, 2.05) is 29.8 Å². The molecule has 1 aliphatic carbocycles. The molecule has 0 atom stereocenters. The van der Waals surface area contributed by atoms with Crippen LogP contribution in [0.2, 0.25) is 0 Å². The van der Waals surface area contributed by atoms with Crippen molar-refractivity contribution in [2.45, 2.75) is 26.8 Å². The van der Waals surface area contributed by atoms with Crippen LogP contribution in [0.1, 0.15) is 32.7 Å². The third kappa shape index (κ3) is 3.22. The van der Waals surface area contributed by atoms with E-state index in [1.165, 1.54) is 27.8 Å². The Hall–Kier alpha value is -2.45. The average molecular weight is 350 g/mol. The summed E-state index contributed by atoms with van der Waals surface area (Å²) in [5.41, 5.74) is 8.24. The number of benzene rings is 2. The number of hydrogen-bond donors (Lipinski definition) is 0. The first-order valence-electron chi connectivity index (χ1n) is 8.33. The molecule has 1 heterocycles. The van der Waals surface area contributed by atoms with Gasteiger partial charge in [-0.1, -0.05) is 36.4 Å². The molecule has 2 aromatic carbocycles. The standard InChI is InChI=1S/C22H20NO.ClH/c1-15-9-10-23(16(2)11-15)14-22(24)19-8-7-18-12-17-5-3-4-6-20(17)21(18)13-19;/h3-11,13H,12,14H2,1-2H3;1H/q+1;/p-1. The molecular formula is C22H20ClNO. The molecule has 3 aromatic rings. The Labute approximate surface area is 154 Å². The van der Waals surface area contributed by atoms with E-state index in [-0.39, 0.29) is 18.2 Å². The second kappa shape index (κ2) is 6.81. The van der Waals surface area contributed by atoms with Crippen molar-refractivity contribution in [3.05, 3.63) is 88.7 Å². The average Bonchev–Trinajstić information content (AvgIpc) is 2.95. The predicted molar refractivity (Wildman–Crippen MR) is 95.1 cm³/mol. The van der Waals surface area contributed by atoms with Gasteiger partial charge in [-0.3, -0.25) is 4.79 Å². The molecule has 0 aliphatic heterocycles. The van der Waals surface area contributed by atoms with Gasteiger partial charge in [0.2, 0.25) is 12.3 Å². The normalized spacial score (nSPS) is 11.4. The van der Waals surface area contributed by atoms with Crippen LogP contribution in [-0.2, 0) is 13.0 Å². The summed E-state index contributed by atoms with van der Waals surface area (Å²) in [7, 11) is 0. The molecule has 25 heavy (non-hydrogen) atoms. The van der Waals surface area contributed by atoms with Crippen molar-refractivity contribution in [2.24, 2.45) is 0 Å². The molecule has 0 unspecified atom stereocenters. The van der Waals surface area contributed by atoms with Crippen LogP contribution in [-0.4, -0.2) is 5.78 Å². The number of hydrogen-bond acceptors (Lipinski definition) is 1. The maximum atomic E-state index is 12.7. The SMILES string of the molecule is Cc1cc[n+](CC(=O)c2ccc3c(c2)-c2ccccc2C3)c(C)c1.[Cl-]. The predicted octanol–water partition coefficient (Wildman–Crippen LogP) is 1.05. The quantitative estimate of drug-likeness (QED) is 0.400. The molecule has 0 bridgehead atoms. The molecule has 1 aromatic heterocycles. The summed E-state index contributed by atoms with van der Waals surface area (Å²) in [5, 5.41) is 0. The van der Waals surface area contributed by atoms with Crippen LogP contribution in [0.3, 0.4) is 0 Å². The number of Topliss-reactive ketones (excluding diaryl/α,β-unsaturated/α-hetero) is 1. The van der Waals surface area contributed by atoms with E-state index in [0.29, 0.717) is 6.54 Å². The van der Waals surface area contributed by atoms with Gasteiger partial charge in [0.05, 0.1) is 0 Å². The molecule has 1 aliphatic rings. The lowest BCUT2D eigenvalue weighted by molar-refractivity contribution is -0.689. The Bertz CT molecular complexity index is 962. The van der Waals surface area contributed by atoms with Crippen LogP contribution < -0.4 is 17.0 Å². The zero-order valence-corrected chi connectivity index (χ0v) is 15.2. The number of nitrogens with zero attached hydrogens (tertiary/aromatic N) is 1. The monoisotopic (exact) mass is 349 g/mol. The summed E-state index contributed by atoms with van der Waals surface area (Å²) >= 11 is 0. The van der Waals surface area contributed by atoms with Crippen LogP contribution >= 0.6 is 0 Å². The number of carbonyl (C=O) groups excluding carboxylic acids is 1. The molecule has 0 saturated heterocycles. The van der Waals surface area contributed by atoms with Crippen molar-refractivity contribution in [1.29, 1.82) is 0 Å². The van der Waals surface area contributed by atoms with Crippen LogP contribution in [0.15, 0.2) is 60.8 Å². The summed E-state index contributed by atoms with van der Waals surface area (Å²) in [6.45, 7) is 4.49. The Morgan fingerprint density at radius 1 is 0.960 bits per heavy atom. The number of aromatic nitrogens is 1. The van der Waals surface area contributed by atoms with Gasteiger partial charge in [0, 0.05) is 24.6 Å². The van der Waals surface area contributed by atoms with Gasteiger partial charge in [-0.25, -0.2) is 0 Å². The van der Waals surface area contributed by atoms with E-state index in [2.05, 4.69) is 49.4 Å². The summed E-state index contributed by atoms with van der Waals surface area (Å²) < 4.78 is 2.01. The Balaban J connectivity index is 0.00000182. The highest BCUT2D eigenvalue weighted by Crippen LogP contribution is 2.36. The number of carbonyl (C=O) groups is 1. The van der Waals surface area contributed by atoms with Crippen molar-refractivity contribution in [3.63, 3.8) is 0 Å². The van der Waals surface area contributed by atoms with Crippen LogP contribution in [0, 0.1) is 13.8 Å². The van der Waals surface area contributed by atoms with E-state index in [9.17, 15) is 4.79 Å². The molecule has 0 fully saturated rings. The molecule has 126 valence electrons. The molecular weight excluding hydrogens is 330 g/mol. The molecule has 2 nitrogen and oxygen atoms in total. The maximum Gasteiger partial charge on any atom is 0.227 e. The number of pyridine rings is 1. The zero-order chi connectivity index (χ0) is 16.7. The third-order valence-corrected chi connectivity index (χ3v) is 4.84. The highest BCUT2D eigenvalue weighted by molar-refractivity contribution is 5.97. The molecule has 0 radical (unpaired) electrons. The first kappa shape index (κ1) is 17.4. The smallest absolute Gasteiger partial charge is 0.227 e. The van der Waals surface area contributed by atoms with Gasteiger partial charge in [0.15, 0.2) is 11.9 Å². The van der Waals surface area contributed by atoms with Gasteiger partial charge >= 0.3 is 0 Å². The molecule has 3 heteroatoms. The van der Waals surface area contributed by atoms with Crippen molar-refractivity contribution >= 4 is 5.78 Å². The highest BCUT2D eigenvalue weighted by Gasteiger charge is 2.21. The van der Waals surface area contributed by atoms with Crippen molar-refractivity contribution in [3.8, 4) is 11.1 Å². The number of aryl methyl sites for hydroxylation is 2.